The molecule has 0 aromatic rings. The van der Waals surface area contributed by atoms with Crippen LogP contribution in [0.15, 0.2) is 0 Å². The van der Waals surface area contributed by atoms with Crippen molar-refractivity contribution in [2.24, 2.45) is 5.41 Å². The van der Waals surface area contributed by atoms with Crippen molar-refractivity contribution in [3.8, 4) is 0 Å². The van der Waals surface area contributed by atoms with Crippen molar-refractivity contribution in [1.82, 2.24) is 5.32 Å². The van der Waals surface area contributed by atoms with Crippen molar-refractivity contribution < 1.29 is 4.79 Å². The number of carbonyl (C=O) groups is 1. The summed E-state index contributed by atoms with van der Waals surface area (Å²) in [6.45, 7) is 9.56. The Kier molecular flexibility index (Phi) is 4.34. The maximum atomic E-state index is 10.9. The van der Waals surface area contributed by atoms with Crippen molar-refractivity contribution in [2.45, 2.75) is 34.1 Å². The summed E-state index contributed by atoms with van der Waals surface area (Å²) in [5.74, 6) is 0.313. The van der Waals surface area contributed by atoms with Gasteiger partial charge in [-0.15, -0.1) is 0 Å². The number of hydrogen-bond acceptors (Lipinski definition) is 2. The fourth-order valence-corrected chi connectivity index (χ4v) is 1.12. The normalized spacial score (nSPS) is 29.1. The molecule has 1 atom stereocenters. The van der Waals surface area contributed by atoms with Crippen LogP contribution in [0.2, 0.25) is 0 Å². The highest BCUT2D eigenvalue weighted by Crippen LogP contribution is 2.24. The van der Waals surface area contributed by atoms with E-state index in [1.807, 2.05) is 20.8 Å². The molecule has 1 heterocycles. The lowest BCUT2D eigenvalue weighted by Gasteiger charge is -2.17. The SMILES string of the molecule is CC.CC(=O)C1(C)CCNC1. The fourth-order valence-electron chi connectivity index (χ4n) is 1.12. The van der Waals surface area contributed by atoms with Gasteiger partial charge in [-0.05, 0) is 19.9 Å². The van der Waals surface area contributed by atoms with Gasteiger partial charge in [0.25, 0.3) is 0 Å². The van der Waals surface area contributed by atoms with Gasteiger partial charge >= 0.3 is 0 Å². The van der Waals surface area contributed by atoms with Gasteiger partial charge in [0.05, 0.1) is 0 Å². The van der Waals surface area contributed by atoms with Gasteiger partial charge in [0.2, 0.25) is 0 Å². The molecular formula is C9H19NO. The van der Waals surface area contributed by atoms with E-state index in [4.69, 9.17) is 0 Å². The number of Topliss-reactive ketones (excluding diaryl/α,β-unsaturated/α-hetero) is 1. The Morgan fingerprint density at radius 3 is 2.18 bits per heavy atom. The third-order valence-electron chi connectivity index (χ3n) is 2.22. The molecule has 0 aromatic heterocycles. The second kappa shape index (κ2) is 4.50. The van der Waals surface area contributed by atoms with Crippen LogP contribution in [0.5, 0.6) is 0 Å². The van der Waals surface area contributed by atoms with Crippen molar-refractivity contribution in [1.29, 1.82) is 0 Å². The van der Waals surface area contributed by atoms with Crippen LogP contribution in [-0.2, 0) is 4.79 Å². The van der Waals surface area contributed by atoms with Gasteiger partial charge in [0.1, 0.15) is 5.78 Å². The van der Waals surface area contributed by atoms with E-state index in [-0.39, 0.29) is 5.41 Å². The number of hydrogen-bond donors (Lipinski definition) is 1. The molecular weight excluding hydrogens is 138 g/mol. The Bertz CT molecular complexity index is 126. The van der Waals surface area contributed by atoms with Gasteiger partial charge in [-0.25, -0.2) is 0 Å². The summed E-state index contributed by atoms with van der Waals surface area (Å²) in [6.07, 6.45) is 1.00. The van der Waals surface area contributed by atoms with E-state index in [2.05, 4.69) is 5.32 Å². The zero-order valence-corrected chi connectivity index (χ0v) is 8.03. The average molecular weight is 157 g/mol. The van der Waals surface area contributed by atoms with Gasteiger partial charge in [0.15, 0.2) is 0 Å². The van der Waals surface area contributed by atoms with Gasteiger partial charge in [-0.2, -0.15) is 0 Å². The van der Waals surface area contributed by atoms with E-state index in [1.165, 1.54) is 0 Å². The minimum absolute atomic E-state index is 0.0556. The summed E-state index contributed by atoms with van der Waals surface area (Å²) >= 11 is 0. The van der Waals surface area contributed by atoms with E-state index in [0.29, 0.717) is 5.78 Å². The Morgan fingerprint density at radius 2 is 2.00 bits per heavy atom. The Hall–Kier alpha value is -0.370. The van der Waals surface area contributed by atoms with E-state index in [1.54, 1.807) is 6.92 Å². The first-order valence-electron chi connectivity index (χ1n) is 4.37. The molecule has 2 heteroatoms. The van der Waals surface area contributed by atoms with Crippen LogP contribution in [0.3, 0.4) is 0 Å². The highest BCUT2D eigenvalue weighted by atomic mass is 16.1. The zero-order valence-electron chi connectivity index (χ0n) is 8.03. The first-order valence-corrected chi connectivity index (χ1v) is 4.37. The maximum Gasteiger partial charge on any atom is 0.137 e. The lowest BCUT2D eigenvalue weighted by atomic mass is 9.86. The molecule has 1 N–H and O–H groups in total. The van der Waals surface area contributed by atoms with Crippen molar-refractivity contribution in [3.63, 3.8) is 0 Å². The van der Waals surface area contributed by atoms with Crippen molar-refractivity contribution in [3.05, 3.63) is 0 Å². The molecule has 1 aliphatic rings. The second-order valence-corrected chi connectivity index (χ2v) is 3.04. The molecule has 1 fully saturated rings. The Balaban J connectivity index is 0.000000461. The summed E-state index contributed by atoms with van der Waals surface area (Å²) in [4.78, 5) is 10.9. The number of rotatable bonds is 1. The topological polar surface area (TPSA) is 29.1 Å². The van der Waals surface area contributed by atoms with E-state index < -0.39 is 0 Å². The highest BCUT2D eigenvalue weighted by Gasteiger charge is 2.32. The van der Waals surface area contributed by atoms with Crippen LogP contribution < -0.4 is 5.32 Å². The fraction of sp³-hybridized carbons (Fsp3) is 0.889. The van der Waals surface area contributed by atoms with Crippen molar-refractivity contribution in [2.75, 3.05) is 13.1 Å². The highest BCUT2D eigenvalue weighted by molar-refractivity contribution is 5.82. The second-order valence-electron chi connectivity index (χ2n) is 3.04. The zero-order chi connectivity index (χ0) is 8.91. The minimum Gasteiger partial charge on any atom is -0.316 e. The van der Waals surface area contributed by atoms with E-state index in [0.717, 1.165) is 19.5 Å². The molecule has 11 heavy (non-hydrogen) atoms. The molecule has 0 aliphatic carbocycles. The molecule has 2 nitrogen and oxygen atoms in total. The third-order valence-corrected chi connectivity index (χ3v) is 2.22. The minimum atomic E-state index is -0.0556. The molecule has 0 amide bonds. The predicted molar refractivity (Wildman–Crippen MR) is 47.6 cm³/mol. The molecule has 0 aromatic carbocycles. The smallest absolute Gasteiger partial charge is 0.137 e. The molecule has 0 spiro atoms. The molecule has 0 bridgehead atoms. The molecule has 0 saturated carbocycles. The predicted octanol–water partition coefficient (Wildman–Crippen LogP) is 1.60. The monoisotopic (exact) mass is 157 g/mol. The summed E-state index contributed by atoms with van der Waals surface area (Å²) in [7, 11) is 0. The average Bonchev–Trinajstić information content (AvgIpc) is 2.42. The van der Waals surface area contributed by atoms with Crippen LogP contribution in [-0.4, -0.2) is 18.9 Å². The standard InChI is InChI=1S/C7H13NO.C2H6/c1-6(9)7(2)3-4-8-5-7;1-2/h8H,3-5H2,1-2H3;1-2H3. The quantitative estimate of drug-likeness (QED) is 0.626. The van der Waals surface area contributed by atoms with Gasteiger partial charge in [0, 0.05) is 12.0 Å². The molecule has 0 radical (unpaired) electrons. The van der Waals surface area contributed by atoms with E-state index in [9.17, 15) is 4.79 Å². The lowest BCUT2D eigenvalue weighted by Crippen LogP contribution is -2.27. The summed E-state index contributed by atoms with van der Waals surface area (Å²) in [5, 5.41) is 3.17. The summed E-state index contributed by atoms with van der Waals surface area (Å²) in [6, 6.07) is 0. The number of carbonyl (C=O) groups excluding carboxylic acids is 1. The third kappa shape index (κ3) is 2.62. The van der Waals surface area contributed by atoms with Gasteiger partial charge in [-0.1, -0.05) is 20.8 Å². The van der Waals surface area contributed by atoms with Gasteiger partial charge < -0.3 is 5.32 Å². The first kappa shape index (κ1) is 10.6. The van der Waals surface area contributed by atoms with Crippen LogP contribution in [0, 0.1) is 5.41 Å². The molecule has 1 saturated heterocycles. The molecule has 66 valence electrons. The lowest BCUT2D eigenvalue weighted by molar-refractivity contribution is -0.124. The number of nitrogens with one attached hydrogen (secondary N) is 1. The van der Waals surface area contributed by atoms with Crippen LogP contribution >= 0.6 is 0 Å². The molecule has 1 unspecified atom stereocenters. The van der Waals surface area contributed by atoms with Gasteiger partial charge in [-0.3, -0.25) is 4.79 Å². The Morgan fingerprint density at radius 1 is 1.45 bits per heavy atom. The summed E-state index contributed by atoms with van der Waals surface area (Å²) < 4.78 is 0. The largest absolute Gasteiger partial charge is 0.316 e. The maximum absolute atomic E-state index is 10.9. The molecule has 1 rings (SSSR count). The van der Waals surface area contributed by atoms with Crippen LogP contribution in [0.4, 0.5) is 0 Å². The number of ketones is 1. The molecule has 1 aliphatic heterocycles. The van der Waals surface area contributed by atoms with E-state index >= 15 is 0 Å². The van der Waals surface area contributed by atoms with Crippen LogP contribution in [0.1, 0.15) is 34.1 Å². The van der Waals surface area contributed by atoms with Crippen molar-refractivity contribution >= 4 is 5.78 Å². The first-order chi connectivity index (χ1) is 5.15. The van der Waals surface area contributed by atoms with Crippen LogP contribution in [0.25, 0.3) is 0 Å². The summed E-state index contributed by atoms with van der Waals surface area (Å²) in [5.41, 5.74) is -0.0556. The Labute approximate surface area is 69.4 Å².